The first kappa shape index (κ1) is 15.4. The quantitative estimate of drug-likeness (QED) is 0.504. The largest absolute Gasteiger partial charge is 0.442 e. The maximum atomic E-state index is 11.9. The summed E-state index contributed by atoms with van der Waals surface area (Å²) in [4.78, 5) is 23.7. The summed E-state index contributed by atoms with van der Waals surface area (Å²) in [6.07, 6.45) is -1.25. The summed E-state index contributed by atoms with van der Waals surface area (Å²) < 4.78 is 5.00. The van der Waals surface area contributed by atoms with Gasteiger partial charge in [-0.15, -0.1) is 0 Å². The topological polar surface area (TPSA) is 111 Å². The number of aliphatic hydroxyl groups excluding tert-OH is 1. The third kappa shape index (κ3) is 2.85. The van der Waals surface area contributed by atoms with E-state index in [2.05, 4.69) is 10.5 Å². The highest BCUT2D eigenvalue weighted by Gasteiger charge is 2.53. The number of nitrogens with one attached hydrogen (secondary N) is 1. The summed E-state index contributed by atoms with van der Waals surface area (Å²) in [5, 5.41) is 23.0. The van der Waals surface area contributed by atoms with Crippen LogP contribution < -0.4 is 5.43 Å². The third-order valence-electron chi connectivity index (χ3n) is 2.70. The van der Waals surface area contributed by atoms with Gasteiger partial charge in [0.25, 0.3) is 5.91 Å². The summed E-state index contributed by atoms with van der Waals surface area (Å²) in [6.45, 7) is 5.97. The predicted octanol–water partition coefficient (Wildman–Crippen LogP) is 0.240. The van der Waals surface area contributed by atoms with Gasteiger partial charge in [0.2, 0.25) is 0 Å². The molecule has 1 rings (SSSR count). The molecule has 1 unspecified atom stereocenters. The fourth-order valence-electron chi connectivity index (χ4n) is 1.76. The van der Waals surface area contributed by atoms with Crippen molar-refractivity contribution in [2.45, 2.75) is 45.3 Å². The minimum Gasteiger partial charge on any atom is -0.442 e. The van der Waals surface area contributed by atoms with Gasteiger partial charge in [0.1, 0.15) is 5.60 Å². The first-order valence-corrected chi connectivity index (χ1v) is 5.83. The summed E-state index contributed by atoms with van der Waals surface area (Å²) in [7, 11) is 0. The SMILES string of the molecule is CC1=NNC(=O)C1(CCO)N(O)C(=O)OC(C)(C)C. The maximum absolute atomic E-state index is 11.9. The Morgan fingerprint density at radius 2 is 2.11 bits per heavy atom. The molecule has 2 amide bonds. The minimum atomic E-state index is -1.73. The molecule has 1 atom stereocenters. The molecular weight excluding hydrogens is 254 g/mol. The van der Waals surface area contributed by atoms with Crippen LogP contribution in [0.25, 0.3) is 0 Å². The van der Waals surface area contributed by atoms with Gasteiger partial charge in [-0.05, 0) is 27.7 Å². The van der Waals surface area contributed by atoms with Crippen LogP contribution in [0.1, 0.15) is 34.1 Å². The Bertz CT molecular complexity index is 415. The highest BCUT2D eigenvalue weighted by molar-refractivity contribution is 6.16. The number of aliphatic hydroxyl groups is 1. The third-order valence-corrected chi connectivity index (χ3v) is 2.70. The number of hydrazone groups is 1. The fraction of sp³-hybridized carbons (Fsp3) is 0.727. The molecule has 1 heterocycles. The number of hydroxylamine groups is 2. The average Bonchev–Trinajstić information content (AvgIpc) is 2.55. The van der Waals surface area contributed by atoms with Gasteiger partial charge in [-0.2, -0.15) is 10.2 Å². The van der Waals surface area contributed by atoms with Crippen molar-refractivity contribution < 1.29 is 24.6 Å². The molecule has 108 valence electrons. The predicted molar refractivity (Wildman–Crippen MR) is 65.5 cm³/mol. The van der Waals surface area contributed by atoms with Gasteiger partial charge in [0.15, 0.2) is 5.54 Å². The molecule has 0 radical (unpaired) electrons. The van der Waals surface area contributed by atoms with Gasteiger partial charge in [-0.25, -0.2) is 10.2 Å². The van der Waals surface area contributed by atoms with Crippen LogP contribution in [0.4, 0.5) is 4.79 Å². The van der Waals surface area contributed by atoms with Gasteiger partial charge < -0.3 is 9.84 Å². The lowest BCUT2D eigenvalue weighted by atomic mass is 9.90. The second-order valence-electron chi connectivity index (χ2n) is 5.26. The monoisotopic (exact) mass is 273 g/mol. The summed E-state index contributed by atoms with van der Waals surface area (Å²) >= 11 is 0. The van der Waals surface area contributed by atoms with Crippen LogP contribution in [-0.4, -0.2) is 50.8 Å². The van der Waals surface area contributed by atoms with Crippen molar-refractivity contribution in [3.63, 3.8) is 0 Å². The van der Waals surface area contributed by atoms with Crippen LogP contribution in [0.2, 0.25) is 0 Å². The van der Waals surface area contributed by atoms with E-state index < -0.39 is 29.7 Å². The second kappa shape index (κ2) is 5.14. The van der Waals surface area contributed by atoms with E-state index in [4.69, 9.17) is 9.84 Å². The summed E-state index contributed by atoms with van der Waals surface area (Å²) in [5.41, 5.74) is -0.193. The van der Waals surface area contributed by atoms with E-state index in [0.717, 1.165) is 0 Å². The van der Waals surface area contributed by atoms with Crippen molar-refractivity contribution >= 4 is 17.7 Å². The Hall–Kier alpha value is -1.67. The molecule has 0 saturated heterocycles. The van der Waals surface area contributed by atoms with Crippen molar-refractivity contribution in [3.05, 3.63) is 0 Å². The average molecular weight is 273 g/mol. The number of rotatable bonds is 3. The Morgan fingerprint density at radius 1 is 1.53 bits per heavy atom. The Labute approximate surface area is 111 Å². The van der Waals surface area contributed by atoms with Crippen molar-refractivity contribution in [1.29, 1.82) is 0 Å². The maximum Gasteiger partial charge on any atom is 0.435 e. The minimum absolute atomic E-state index is 0.177. The van der Waals surface area contributed by atoms with E-state index in [1.165, 1.54) is 6.92 Å². The van der Waals surface area contributed by atoms with Crippen molar-refractivity contribution in [1.82, 2.24) is 10.5 Å². The Balaban J connectivity index is 3.04. The molecule has 19 heavy (non-hydrogen) atoms. The lowest BCUT2D eigenvalue weighted by molar-refractivity contribution is -0.161. The first-order chi connectivity index (χ1) is 8.65. The molecule has 1 aliphatic rings. The van der Waals surface area contributed by atoms with E-state index in [1.54, 1.807) is 20.8 Å². The van der Waals surface area contributed by atoms with Crippen molar-refractivity contribution in [3.8, 4) is 0 Å². The number of hydrogen-bond donors (Lipinski definition) is 3. The van der Waals surface area contributed by atoms with Crippen LogP contribution in [-0.2, 0) is 9.53 Å². The fourth-order valence-corrected chi connectivity index (χ4v) is 1.76. The summed E-state index contributed by atoms with van der Waals surface area (Å²) in [6, 6.07) is 0. The standard InChI is InChI=1S/C11H19N3O5/c1-7-11(5-6-15,8(16)13-12-7)14(18)9(17)19-10(2,3)4/h15,18H,5-6H2,1-4H3,(H,13,16). The molecule has 0 aromatic carbocycles. The number of nitrogens with zero attached hydrogens (tertiary/aromatic N) is 2. The van der Waals surface area contributed by atoms with E-state index in [0.29, 0.717) is 0 Å². The zero-order valence-corrected chi connectivity index (χ0v) is 11.4. The molecular formula is C11H19N3O5. The number of carbonyl (C=O) groups excluding carboxylic acids is 2. The zero-order chi connectivity index (χ0) is 14.8. The van der Waals surface area contributed by atoms with Crippen LogP contribution in [0.3, 0.4) is 0 Å². The second-order valence-corrected chi connectivity index (χ2v) is 5.26. The lowest BCUT2D eigenvalue weighted by Crippen LogP contribution is -2.60. The smallest absolute Gasteiger partial charge is 0.435 e. The van der Waals surface area contributed by atoms with Crippen molar-refractivity contribution in [2.24, 2.45) is 5.10 Å². The van der Waals surface area contributed by atoms with Crippen LogP contribution in [0.15, 0.2) is 5.10 Å². The van der Waals surface area contributed by atoms with E-state index in [-0.39, 0.29) is 17.2 Å². The van der Waals surface area contributed by atoms with Gasteiger partial charge >= 0.3 is 6.09 Å². The zero-order valence-electron chi connectivity index (χ0n) is 11.4. The highest BCUT2D eigenvalue weighted by atomic mass is 16.6. The van der Waals surface area contributed by atoms with Crippen LogP contribution >= 0.6 is 0 Å². The first-order valence-electron chi connectivity index (χ1n) is 5.83. The van der Waals surface area contributed by atoms with Crippen LogP contribution in [0.5, 0.6) is 0 Å². The Morgan fingerprint density at radius 3 is 2.47 bits per heavy atom. The molecule has 0 saturated carbocycles. The highest BCUT2D eigenvalue weighted by Crippen LogP contribution is 2.26. The molecule has 3 N–H and O–H groups in total. The van der Waals surface area contributed by atoms with E-state index in [9.17, 15) is 14.8 Å². The summed E-state index contributed by atoms with van der Waals surface area (Å²) in [5.74, 6) is -0.688. The molecule has 0 fully saturated rings. The van der Waals surface area contributed by atoms with Gasteiger partial charge in [0.05, 0.1) is 5.71 Å². The molecule has 0 aromatic heterocycles. The molecule has 0 spiro atoms. The molecule has 1 aliphatic heterocycles. The molecule has 8 nitrogen and oxygen atoms in total. The van der Waals surface area contributed by atoms with Gasteiger partial charge in [-0.3, -0.25) is 10.0 Å². The number of carbonyl (C=O) groups is 2. The molecule has 0 aliphatic carbocycles. The number of hydrogen-bond acceptors (Lipinski definition) is 6. The normalized spacial score (nSPS) is 22.8. The number of ether oxygens (including phenoxy) is 1. The van der Waals surface area contributed by atoms with Gasteiger partial charge in [-0.1, -0.05) is 0 Å². The Kier molecular flexibility index (Phi) is 4.16. The van der Waals surface area contributed by atoms with Gasteiger partial charge in [0, 0.05) is 13.0 Å². The van der Waals surface area contributed by atoms with Crippen LogP contribution in [0, 0.1) is 0 Å². The molecule has 0 bridgehead atoms. The molecule has 0 aromatic rings. The lowest BCUT2D eigenvalue weighted by Gasteiger charge is -2.34. The van der Waals surface area contributed by atoms with E-state index in [1.807, 2.05) is 0 Å². The number of amides is 2. The van der Waals surface area contributed by atoms with Crippen molar-refractivity contribution in [2.75, 3.05) is 6.61 Å². The van der Waals surface area contributed by atoms with E-state index >= 15 is 0 Å². The molecule has 8 heteroatoms.